The summed E-state index contributed by atoms with van der Waals surface area (Å²) in [6.07, 6.45) is 3.77. The number of amides is 1. The van der Waals surface area contributed by atoms with Gasteiger partial charge in [-0.1, -0.05) is 0 Å². The smallest absolute Gasteiger partial charge is 0.251 e. The van der Waals surface area contributed by atoms with E-state index in [2.05, 4.69) is 25.7 Å². The number of nitrogens with one attached hydrogen (secondary N) is 1. The van der Waals surface area contributed by atoms with Crippen LogP contribution in [0.1, 0.15) is 50.9 Å². The molecule has 8 heteroatoms. The van der Waals surface area contributed by atoms with Gasteiger partial charge < -0.3 is 10.4 Å². The van der Waals surface area contributed by atoms with Gasteiger partial charge in [0.15, 0.2) is 0 Å². The van der Waals surface area contributed by atoms with Gasteiger partial charge in [-0.15, -0.1) is 10.2 Å². The van der Waals surface area contributed by atoms with E-state index in [0.29, 0.717) is 11.7 Å². The summed E-state index contributed by atoms with van der Waals surface area (Å²) in [4.78, 5) is 17.9. The van der Waals surface area contributed by atoms with Gasteiger partial charge in [0.25, 0.3) is 5.91 Å². The molecule has 1 saturated carbocycles. The van der Waals surface area contributed by atoms with Crippen LogP contribution in [-0.2, 0) is 11.3 Å². The third-order valence-corrected chi connectivity index (χ3v) is 4.95. The van der Waals surface area contributed by atoms with Gasteiger partial charge in [-0.3, -0.25) is 9.78 Å². The van der Waals surface area contributed by atoms with E-state index in [4.69, 9.17) is 0 Å². The third-order valence-electron chi connectivity index (χ3n) is 4.95. The number of nitrogens with zero attached hydrogens (tertiary/aromatic N) is 5. The first kappa shape index (κ1) is 19.4. The molecule has 0 bridgehead atoms. The lowest BCUT2D eigenvalue weighted by Gasteiger charge is -2.30. The standard InChI is InChI=1S/C19H28N6O2/c1-12-9-15(10-13(2)20-12)17-22-24-25(23-17)11-14-5-7-16(8-6-14)21-18(26)19(3,4)27/h9-10,14,16,27H,5-8,11H2,1-4H3,(H,21,26). The molecular formula is C19H28N6O2. The van der Waals surface area contributed by atoms with Gasteiger partial charge in [0.1, 0.15) is 5.60 Å². The minimum absolute atomic E-state index is 0.127. The summed E-state index contributed by atoms with van der Waals surface area (Å²) in [7, 11) is 0. The Labute approximate surface area is 159 Å². The Bertz CT molecular complexity index is 783. The highest BCUT2D eigenvalue weighted by Gasteiger charge is 2.29. The molecule has 0 radical (unpaired) electrons. The molecule has 2 N–H and O–H groups in total. The number of aryl methyl sites for hydroxylation is 2. The molecule has 0 aromatic carbocycles. The van der Waals surface area contributed by atoms with Gasteiger partial charge in [-0.2, -0.15) is 4.80 Å². The lowest BCUT2D eigenvalue weighted by molar-refractivity contribution is -0.137. The Kier molecular flexibility index (Phi) is 5.55. The number of tetrazole rings is 1. The fourth-order valence-corrected chi connectivity index (χ4v) is 3.48. The van der Waals surface area contributed by atoms with Crippen molar-refractivity contribution in [3.8, 4) is 11.4 Å². The number of hydrogen-bond donors (Lipinski definition) is 2. The van der Waals surface area contributed by atoms with Crippen molar-refractivity contribution in [2.24, 2.45) is 5.92 Å². The Morgan fingerprint density at radius 2 is 1.85 bits per heavy atom. The van der Waals surface area contributed by atoms with E-state index in [1.54, 1.807) is 4.80 Å². The summed E-state index contributed by atoms with van der Waals surface area (Å²) in [5.41, 5.74) is 1.48. The van der Waals surface area contributed by atoms with Crippen LogP contribution in [0, 0.1) is 19.8 Å². The summed E-state index contributed by atoms with van der Waals surface area (Å²) in [5, 5.41) is 25.6. The molecule has 1 aliphatic rings. The zero-order valence-corrected chi connectivity index (χ0v) is 16.4. The molecule has 1 aliphatic carbocycles. The van der Waals surface area contributed by atoms with Crippen molar-refractivity contribution in [3.63, 3.8) is 0 Å². The molecular weight excluding hydrogens is 344 g/mol. The predicted octanol–water partition coefficient (Wildman–Crippen LogP) is 1.80. The molecule has 0 atom stereocenters. The van der Waals surface area contributed by atoms with Crippen LogP contribution >= 0.6 is 0 Å². The van der Waals surface area contributed by atoms with Crippen LogP contribution in [0.5, 0.6) is 0 Å². The first-order valence-electron chi connectivity index (χ1n) is 9.47. The molecule has 8 nitrogen and oxygen atoms in total. The summed E-state index contributed by atoms with van der Waals surface area (Å²) in [6.45, 7) is 7.65. The average Bonchev–Trinajstić information content (AvgIpc) is 3.03. The van der Waals surface area contributed by atoms with E-state index in [9.17, 15) is 9.90 Å². The quantitative estimate of drug-likeness (QED) is 0.829. The van der Waals surface area contributed by atoms with Crippen molar-refractivity contribution in [2.45, 2.75) is 71.6 Å². The van der Waals surface area contributed by atoms with Gasteiger partial charge in [0.05, 0.1) is 6.54 Å². The molecule has 0 spiro atoms. The average molecular weight is 372 g/mol. The number of aromatic nitrogens is 5. The second-order valence-electron chi connectivity index (χ2n) is 8.06. The molecule has 2 heterocycles. The topological polar surface area (TPSA) is 106 Å². The van der Waals surface area contributed by atoms with Crippen LogP contribution in [0.4, 0.5) is 0 Å². The lowest BCUT2D eigenvalue weighted by Crippen LogP contribution is -2.47. The summed E-state index contributed by atoms with van der Waals surface area (Å²) in [5.74, 6) is 0.773. The fourth-order valence-electron chi connectivity index (χ4n) is 3.48. The molecule has 0 aliphatic heterocycles. The van der Waals surface area contributed by atoms with E-state index >= 15 is 0 Å². The van der Waals surface area contributed by atoms with Crippen molar-refractivity contribution in [3.05, 3.63) is 23.5 Å². The second-order valence-corrected chi connectivity index (χ2v) is 8.06. The Morgan fingerprint density at radius 3 is 2.44 bits per heavy atom. The SMILES string of the molecule is Cc1cc(-c2nnn(CC3CCC(NC(=O)C(C)(C)O)CC3)n2)cc(C)n1. The van der Waals surface area contributed by atoms with Crippen molar-refractivity contribution in [2.75, 3.05) is 0 Å². The maximum absolute atomic E-state index is 11.9. The highest BCUT2D eigenvalue weighted by atomic mass is 16.3. The van der Waals surface area contributed by atoms with Gasteiger partial charge in [0.2, 0.25) is 5.82 Å². The summed E-state index contributed by atoms with van der Waals surface area (Å²) < 4.78 is 0. The zero-order valence-electron chi connectivity index (χ0n) is 16.4. The van der Waals surface area contributed by atoms with Gasteiger partial charge in [-0.05, 0) is 76.6 Å². The van der Waals surface area contributed by atoms with E-state index in [-0.39, 0.29) is 11.9 Å². The first-order valence-corrected chi connectivity index (χ1v) is 9.47. The van der Waals surface area contributed by atoms with Crippen molar-refractivity contribution < 1.29 is 9.90 Å². The normalized spacial score (nSPS) is 20.5. The number of carbonyl (C=O) groups excluding carboxylic acids is 1. The zero-order chi connectivity index (χ0) is 19.6. The summed E-state index contributed by atoms with van der Waals surface area (Å²) >= 11 is 0. The van der Waals surface area contributed by atoms with Crippen LogP contribution < -0.4 is 5.32 Å². The van der Waals surface area contributed by atoms with E-state index in [1.807, 2.05) is 26.0 Å². The predicted molar refractivity (Wildman–Crippen MR) is 101 cm³/mol. The Hall–Kier alpha value is -2.35. The summed E-state index contributed by atoms with van der Waals surface area (Å²) in [6, 6.07) is 4.05. The fraction of sp³-hybridized carbons (Fsp3) is 0.632. The monoisotopic (exact) mass is 372 g/mol. The van der Waals surface area contributed by atoms with Crippen molar-refractivity contribution >= 4 is 5.91 Å². The first-order chi connectivity index (χ1) is 12.7. The molecule has 0 unspecified atom stereocenters. The van der Waals surface area contributed by atoms with Crippen molar-refractivity contribution in [1.82, 2.24) is 30.5 Å². The van der Waals surface area contributed by atoms with E-state index < -0.39 is 5.60 Å². The largest absolute Gasteiger partial charge is 0.381 e. The van der Waals surface area contributed by atoms with Gasteiger partial charge >= 0.3 is 0 Å². The molecule has 146 valence electrons. The van der Waals surface area contributed by atoms with Gasteiger partial charge in [0, 0.05) is 23.0 Å². The minimum Gasteiger partial charge on any atom is -0.381 e. The highest BCUT2D eigenvalue weighted by Crippen LogP contribution is 2.26. The Balaban J connectivity index is 1.54. The minimum atomic E-state index is -1.33. The molecule has 0 saturated heterocycles. The highest BCUT2D eigenvalue weighted by molar-refractivity contribution is 5.84. The maximum atomic E-state index is 11.9. The van der Waals surface area contributed by atoms with Crippen molar-refractivity contribution in [1.29, 1.82) is 0 Å². The second kappa shape index (κ2) is 7.72. The molecule has 27 heavy (non-hydrogen) atoms. The maximum Gasteiger partial charge on any atom is 0.251 e. The number of carbonyl (C=O) groups is 1. The number of pyridine rings is 1. The molecule has 1 fully saturated rings. The van der Waals surface area contributed by atoms with Crippen LogP contribution in [0.3, 0.4) is 0 Å². The van der Waals surface area contributed by atoms with Crippen LogP contribution in [0.2, 0.25) is 0 Å². The Morgan fingerprint density at radius 1 is 1.22 bits per heavy atom. The number of aliphatic hydroxyl groups is 1. The molecule has 2 aromatic rings. The van der Waals surface area contributed by atoms with Gasteiger partial charge in [-0.25, -0.2) is 0 Å². The van der Waals surface area contributed by atoms with Crippen LogP contribution in [0.15, 0.2) is 12.1 Å². The third kappa shape index (κ3) is 5.09. The van der Waals surface area contributed by atoms with E-state index in [0.717, 1.165) is 49.2 Å². The number of hydrogen-bond acceptors (Lipinski definition) is 6. The number of rotatable bonds is 5. The molecule has 1 amide bonds. The van der Waals surface area contributed by atoms with Crippen LogP contribution in [-0.4, -0.2) is 47.8 Å². The van der Waals surface area contributed by atoms with E-state index in [1.165, 1.54) is 13.8 Å². The molecule has 3 rings (SSSR count). The molecule has 2 aromatic heterocycles. The lowest BCUT2D eigenvalue weighted by atomic mass is 9.86. The van der Waals surface area contributed by atoms with Crippen LogP contribution in [0.25, 0.3) is 11.4 Å².